The second-order valence-electron chi connectivity index (χ2n) is 2.93. The van der Waals surface area contributed by atoms with Gasteiger partial charge in [0.05, 0.1) is 0 Å². The molecule has 2 aromatic carbocycles. The van der Waals surface area contributed by atoms with E-state index in [0.717, 1.165) is 0 Å². The summed E-state index contributed by atoms with van der Waals surface area (Å²) in [4.78, 5) is 0. The van der Waals surface area contributed by atoms with Crippen molar-refractivity contribution in [2.24, 2.45) is 0 Å². The molecule has 2 rings (SSSR count). The molecule has 1 N–H and O–H groups in total. The Morgan fingerprint density at radius 3 is 1.36 bits per heavy atom. The van der Waals surface area contributed by atoms with Crippen LogP contribution >= 0.6 is 0 Å². The normalized spacial score (nSPS) is 10.4. The van der Waals surface area contributed by atoms with E-state index in [4.69, 9.17) is 4.38 Å². The third-order valence-corrected chi connectivity index (χ3v) is 5.08. The molecule has 0 radical (unpaired) electrons. The van der Waals surface area contributed by atoms with Gasteiger partial charge in [-0.2, -0.15) is 0 Å². The van der Waals surface area contributed by atoms with Crippen LogP contribution in [0.4, 0.5) is 0 Å². The van der Waals surface area contributed by atoms with Crippen LogP contribution in [-0.2, 0) is 0 Å². The second kappa shape index (κ2) is 4.32. The summed E-state index contributed by atoms with van der Waals surface area (Å²) in [6.07, 6.45) is 0. The first-order valence-corrected chi connectivity index (χ1v) is 7.00. The van der Waals surface area contributed by atoms with E-state index >= 15 is 0 Å². The van der Waals surface area contributed by atoms with Gasteiger partial charge in [0.1, 0.15) is 0 Å². The molecule has 0 amide bonds. The van der Waals surface area contributed by atoms with Crippen molar-refractivity contribution in [2.45, 2.75) is 0 Å². The first-order chi connectivity index (χ1) is 6.88. The Balaban J connectivity index is 2.35. The van der Waals surface area contributed by atoms with Gasteiger partial charge < -0.3 is 0 Å². The molecule has 2 aromatic rings. The van der Waals surface area contributed by atoms with Gasteiger partial charge in [0.25, 0.3) is 0 Å². The van der Waals surface area contributed by atoms with Crippen LogP contribution in [0.5, 0.6) is 0 Å². The van der Waals surface area contributed by atoms with Gasteiger partial charge in [-0.15, -0.1) is 0 Å². The van der Waals surface area contributed by atoms with Crippen LogP contribution in [0, 0.1) is 4.38 Å². The molecule has 0 aliphatic rings. The average Bonchev–Trinajstić information content (AvgIpc) is 2.30. The summed E-state index contributed by atoms with van der Waals surface area (Å²) in [5.74, 6) is 0. The van der Waals surface area contributed by atoms with Crippen LogP contribution in [0.3, 0.4) is 0 Å². The zero-order valence-electron chi connectivity index (χ0n) is 7.68. The average molecular weight is 248 g/mol. The summed E-state index contributed by atoms with van der Waals surface area (Å²) in [5, 5.41) is 0. The topological polar surface area (TPSA) is 23.9 Å². The zero-order valence-corrected chi connectivity index (χ0v) is 9.39. The van der Waals surface area contributed by atoms with Gasteiger partial charge in [0.15, 0.2) is 0 Å². The van der Waals surface area contributed by atoms with E-state index < -0.39 is 13.7 Å². The van der Waals surface area contributed by atoms with Crippen LogP contribution in [-0.4, -0.2) is 13.7 Å². The molecule has 0 bridgehead atoms. The molecule has 2 heteroatoms. The van der Waals surface area contributed by atoms with Crippen LogP contribution < -0.4 is 8.92 Å². The molecule has 1 nitrogen and oxygen atoms in total. The van der Waals surface area contributed by atoms with E-state index in [-0.39, 0.29) is 0 Å². The van der Waals surface area contributed by atoms with Crippen LogP contribution in [0.2, 0.25) is 0 Å². The van der Waals surface area contributed by atoms with Crippen molar-refractivity contribution in [3.05, 3.63) is 60.7 Å². The Morgan fingerprint density at radius 1 is 0.643 bits per heavy atom. The van der Waals surface area contributed by atoms with E-state index in [0.29, 0.717) is 0 Å². The Labute approximate surface area is 87.9 Å². The van der Waals surface area contributed by atoms with Crippen LogP contribution in [0.15, 0.2) is 60.7 Å². The molecule has 0 heterocycles. The number of hydrogen-bond acceptors (Lipinski definition) is 1. The molecular weight excluding hydrogens is 237 g/mol. The number of nitrogens with one attached hydrogen (secondary N) is 1. The van der Waals surface area contributed by atoms with E-state index in [1.807, 2.05) is 60.7 Å². The quantitative estimate of drug-likeness (QED) is 0.781. The maximum atomic E-state index is 8.18. The zero-order chi connectivity index (χ0) is 9.80. The fourth-order valence-corrected chi connectivity index (χ4v) is 3.62. The predicted octanol–water partition coefficient (Wildman–Crippen LogP) is 1.64. The summed E-state index contributed by atoms with van der Waals surface area (Å²) in [6, 6.07) is 20.2. The standard InChI is InChI=1S/C12H11NSe/c13-14(11-7-3-1-4-8-11)12-9-5-2-6-10-12/h1-10,13H. The van der Waals surface area contributed by atoms with E-state index in [1.165, 1.54) is 8.92 Å². The Morgan fingerprint density at radius 2 is 1.00 bits per heavy atom. The number of rotatable bonds is 2. The first kappa shape index (κ1) is 9.32. The van der Waals surface area contributed by atoms with E-state index in [2.05, 4.69) is 0 Å². The molecule has 70 valence electrons. The van der Waals surface area contributed by atoms with Gasteiger partial charge in [0, 0.05) is 0 Å². The number of benzene rings is 2. The Hall–Kier alpha value is -1.24. The third-order valence-electron chi connectivity index (χ3n) is 1.96. The molecule has 0 aliphatic carbocycles. The van der Waals surface area contributed by atoms with Crippen LogP contribution in [0.25, 0.3) is 0 Å². The maximum absolute atomic E-state index is 8.18. The van der Waals surface area contributed by atoms with Crippen molar-refractivity contribution in [3.63, 3.8) is 0 Å². The molecule has 0 aromatic heterocycles. The summed E-state index contributed by atoms with van der Waals surface area (Å²) in [5.41, 5.74) is 0. The molecule has 0 atom stereocenters. The molecule has 0 saturated heterocycles. The van der Waals surface area contributed by atoms with Crippen molar-refractivity contribution < 1.29 is 0 Å². The molecule has 0 saturated carbocycles. The van der Waals surface area contributed by atoms with Gasteiger partial charge >= 0.3 is 87.7 Å². The SMILES string of the molecule is N=[Se](c1ccccc1)c1ccccc1. The van der Waals surface area contributed by atoms with Gasteiger partial charge in [0.2, 0.25) is 0 Å². The second-order valence-corrected chi connectivity index (χ2v) is 6.20. The van der Waals surface area contributed by atoms with E-state index in [1.54, 1.807) is 0 Å². The van der Waals surface area contributed by atoms with Crippen molar-refractivity contribution in [1.82, 2.24) is 0 Å². The third kappa shape index (κ3) is 1.98. The summed E-state index contributed by atoms with van der Waals surface area (Å²) < 4.78 is 10.5. The minimum absolute atomic E-state index is 1.17. The van der Waals surface area contributed by atoms with Gasteiger partial charge in [-0.1, -0.05) is 0 Å². The van der Waals surface area contributed by atoms with E-state index in [9.17, 15) is 0 Å². The summed E-state index contributed by atoms with van der Waals surface area (Å²) >= 11 is -1.53. The minimum atomic E-state index is -1.53. The Kier molecular flexibility index (Phi) is 2.87. The van der Waals surface area contributed by atoms with Crippen molar-refractivity contribution >= 4 is 22.6 Å². The van der Waals surface area contributed by atoms with Crippen molar-refractivity contribution in [3.8, 4) is 0 Å². The monoisotopic (exact) mass is 249 g/mol. The van der Waals surface area contributed by atoms with Gasteiger partial charge in [-0.25, -0.2) is 0 Å². The molecule has 0 spiro atoms. The van der Waals surface area contributed by atoms with Gasteiger partial charge in [-0.05, 0) is 0 Å². The molecule has 0 fully saturated rings. The molecule has 0 unspecified atom stereocenters. The molecular formula is C12H11NSe. The predicted molar refractivity (Wildman–Crippen MR) is 60.6 cm³/mol. The summed E-state index contributed by atoms with van der Waals surface area (Å²) in [6.45, 7) is 0. The summed E-state index contributed by atoms with van der Waals surface area (Å²) in [7, 11) is 0. The molecule has 14 heavy (non-hydrogen) atoms. The van der Waals surface area contributed by atoms with Gasteiger partial charge in [-0.3, -0.25) is 0 Å². The fourth-order valence-electron chi connectivity index (χ4n) is 1.25. The first-order valence-electron chi connectivity index (χ1n) is 4.43. The Bertz CT molecular complexity index is 381. The van der Waals surface area contributed by atoms with Crippen molar-refractivity contribution in [2.75, 3.05) is 0 Å². The number of hydrogen-bond donors (Lipinski definition) is 1. The van der Waals surface area contributed by atoms with Crippen molar-refractivity contribution in [1.29, 1.82) is 4.38 Å². The fraction of sp³-hybridized carbons (Fsp3) is 0. The molecule has 0 aliphatic heterocycles. The van der Waals surface area contributed by atoms with Crippen LogP contribution in [0.1, 0.15) is 0 Å².